The SMILES string of the molecule is COB(O)[C@@H]1CCCN1C(=O)[C@@H](N)C(C)C. The van der Waals surface area contributed by atoms with E-state index < -0.39 is 13.2 Å². The number of hydrogen-bond donors (Lipinski definition) is 2. The molecular weight excluding hydrogens is 207 g/mol. The molecule has 6 heteroatoms. The van der Waals surface area contributed by atoms with Gasteiger partial charge in [0.2, 0.25) is 5.91 Å². The molecule has 1 aliphatic heterocycles. The van der Waals surface area contributed by atoms with Crippen LogP contribution in [0.4, 0.5) is 0 Å². The zero-order valence-electron chi connectivity index (χ0n) is 10.2. The standard InChI is InChI=1S/C10H21BN2O3/c1-7(2)9(12)10(14)13-6-4-5-8(13)11(15)16-3/h7-9,15H,4-6,12H2,1-3H3/t8-,9-/m0/s1. The Morgan fingerprint density at radius 2 is 2.25 bits per heavy atom. The molecule has 1 rings (SSSR count). The van der Waals surface area contributed by atoms with E-state index in [0.717, 1.165) is 12.8 Å². The van der Waals surface area contributed by atoms with Crippen molar-refractivity contribution < 1.29 is 14.5 Å². The first kappa shape index (κ1) is 13.5. The molecule has 0 spiro atoms. The van der Waals surface area contributed by atoms with Crippen LogP contribution in [0.1, 0.15) is 26.7 Å². The van der Waals surface area contributed by atoms with Gasteiger partial charge in [-0.15, -0.1) is 0 Å². The molecule has 0 aromatic carbocycles. The van der Waals surface area contributed by atoms with E-state index in [2.05, 4.69) is 0 Å². The zero-order valence-corrected chi connectivity index (χ0v) is 10.2. The summed E-state index contributed by atoms with van der Waals surface area (Å²) >= 11 is 0. The number of nitrogens with two attached hydrogens (primary N) is 1. The molecule has 0 aliphatic carbocycles. The average Bonchev–Trinajstić information content (AvgIpc) is 2.74. The summed E-state index contributed by atoms with van der Waals surface area (Å²) in [5.41, 5.74) is 5.83. The zero-order chi connectivity index (χ0) is 12.3. The van der Waals surface area contributed by atoms with E-state index in [4.69, 9.17) is 10.4 Å². The lowest BCUT2D eigenvalue weighted by molar-refractivity contribution is -0.133. The van der Waals surface area contributed by atoms with Crippen LogP contribution in [0.25, 0.3) is 0 Å². The van der Waals surface area contributed by atoms with Crippen molar-refractivity contribution >= 4 is 13.0 Å². The van der Waals surface area contributed by atoms with Crippen molar-refractivity contribution in [2.24, 2.45) is 11.7 Å². The van der Waals surface area contributed by atoms with Gasteiger partial charge in [0.1, 0.15) is 0 Å². The lowest BCUT2D eigenvalue weighted by Crippen LogP contribution is -2.53. The first-order chi connectivity index (χ1) is 7.49. The van der Waals surface area contributed by atoms with E-state index in [-0.39, 0.29) is 17.8 Å². The third-order valence-corrected chi connectivity index (χ3v) is 3.16. The van der Waals surface area contributed by atoms with Crippen LogP contribution in [0.2, 0.25) is 0 Å². The Labute approximate surface area is 97.1 Å². The van der Waals surface area contributed by atoms with Gasteiger partial charge < -0.3 is 20.3 Å². The fraction of sp³-hybridized carbons (Fsp3) is 0.900. The van der Waals surface area contributed by atoms with Crippen LogP contribution in [0.5, 0.6) is 0 Å². The number of carbonyl (C=O) groups is 1. The highest BCUT2D eigenvalue weighted by molar-refractivity contribution is 6.45. The molecule has 1 heterocycles. The van der Waals surface area contributed by atoms with E-state index in [1.54, 1.807) is 4.90 Å². The van der Waals surface area contributed by atoms with Gasteiger partial charge in [-0.05, 0) is 18.8 Å². The number of hydrogen-bond acceptors (Lipinski definition) is 4. The molecule has 0 unspecified atom stereocenters. The van der Waals surface area contributed by atoms with Crippen LogP contribution in [0.3, 0.4) is 0 Å². The molecule has 0 radical (unpaired) electrons. The van der Waals surface area contributed by atoms with Crippen LogP contribution in [0.15, 0.2) is 0 Å². The second-order valence-corrected chi connectivity index (χ2v) is 4.64. The van der Waals surface area contributed by atoms with Crippen LogP contribution < -0.4 is 5.73 Å². The minimum atomic E-state index is -0.911. The maximum atomic E-state index is 12.1. The molecule has 5 nitrogen and oxygen atoms in total. The van der Waals surface area contributed by atoms with E-state index in [9.17, 15) is 9.82 Å². The molecule has 3 N–H and O–H groups in total. The Morgan fingerprint density at radius 1 is 1.62 bits per heavy atom. The van der Waals surface area contributed by atoms with E-state index >= 15 is 0 Å². The second-order valence-electron chi connectivity index (χ2n) is 4.64. The molecule has 1 aliphatic rings. The van der Waals surface area contributed by atoms with Gasteiger partial charge >= 0.3 is 7.12 Å². The monoisotopic (exact) mass is 228 g/mol. The number of amides is 1. The Morgan fingerprint density at radius 3 is 2.75 bits per heavy atom. The molecule has 0 aromatic rings. The summed E-state index contributed by atoms with van der Waals surface area (Å²) in [5, 5.41) is 9.64. The fourth-order valence-corrected chi connectivity index (χ4v) is 2.00. The summed E-state index contributed by atoms with van der Waals surface area (Å²) in [4.78, 5) is 13.7. The molecule has 1 fully saturated rings. The van der Waals surface area contributed by atoms with Crippen molar-refractivity contribution in [2.45, 2.75) is 38.7 Å². The van der Waals surface area contributed by atoms with Gasteiger partial charge in [-0.2, -0.15) is 0 Å². The summed E-state index contributed by atoms with van der Waals surface area (Å²) in [5.74, 6) is -0.232. The van der Waals surface area contributed by atoms with E-state index in [1.165, 1.54) is 7.11 Å². The first-order valence-corrected chi connectivity index (χ1v) is 5.76. The predicted octanol–water partition coefficient (Wildman–Crippen LogP) is -0.373. The van der Waals surface area contributed by atoms with Crippen molar-refractivity contribution in [1.82, 2.24) is 4.90 Å². The third-order valence-electron chi connectivity index (χ3n) is 3.16. The third kappa shape index (κ3) is 2.75. The molecule has 0 saturated carbocycles. The summed E-state index contributed by atoms with van der Waals surface area (Å²) in [7, 11) is 0.527. The van der Waals surface area contributed by atoms with Crippen molar-refractivity contribution in [2.75, 3.05) is 13.7 Å². The second kappa shape index (κ2) is 5.66. The van der Waals surface area contributed by atoms with Crippen LogP contribution >= 0.6 is 0 Å². The molecule has 1 amide bonds. The van der Waals surface area contributed by atoms with Gasteiger partial charge in [-0.1, -0.05) is 13.8 Å². The van der Waals surface area contributed by atoms with Gasteiger partial charge in [0, 0.05) is 13.7 Å². The Balaban J connectivity index is 2.67. The van der Waals surface area contributed by atoms with Crippen LogP contribution in [-0.4, -0.2) is 48.6 Å². The van der Waals surface area contributed by atoms with Gasteiger partial charge in [0.05, 0.1) is 12.0 Å². The van der Waals surface area contributed by atoms with Crippen LogP contribution in [0, 0.1) is 5.92 Å². The van der Waals surface area contributed by atoms with Crippen molar-refractivity contribution in [3.63, 3.8) is 0 Å². The van der Waals surface area contributed by atoms with Crippen molar-refractivity contribution in [1.29, 1.82) is 0 Å². The smallest absolute Gasteiger partial charge is 0.426 e. The fourth-order valence-electron chi connectivity index (χ4n) is 2.00. The normalized spacial score (nSPS) is 22.6. The van der Waals surface area contributed by atoms with Gasteiger partial charge in [0.25, 0.3) is 0 Å². The molecule has 92 valence electrons. The first-order valence-electron chi connectivity index (χ1n) is 5.76. The quantitative estimate of drug-likeness (QED) is 0.643. The molecule has 2 atom stereocenters. The number of likely N-dealkylation sites (tertiary alicyclic amines) is 1. The Hall–Kier alpha value is -0.585. The van der Waals surface area contributed by atoms with Gasteiger partial charge in [0.15, 0.2) is 0 Å². The summed E-state index contributed by atoms with van der Waals surface area (Å²) in [6.07, 6.45) is 1.66. The number of nitrogens with zero attached hydrogens (tertiary/aromatic N) is 1. The Kier molecular flexibility index (Phi) is 4.77. The van der Waals surface area contributed by atoms with Crippen molar-refractivity contribution in [3.05, 3.63) is 0 Å². The molecule has 0 aromatic heterocycles. The van der Waals surface area contributed by atoms with E-state index in [0.29, 0.717) is 6.54 Å². The average molecular weight is 228 g/mol. The highest BCUT2D eigenvalue weighted by Gasteiger charge is 2.39. The predicted molar refractivity (Wildman–Crippen MR) is 62.5 cm³/mol. The lowest BCUT2D eigenvalue weighted by Gasteiger charge is -2.29. The maximum Gasteiger partial charge on any atom is 0.478 e. The highest BCUT2D eigenvalue weighted by Crippen LogP contribution is 2.20. The summed E-state index contributed by atoms with van der Waals surface area (Å²) in [6, 6.07) is -0.496. The maximum absolute atomic E-state index is 12.1. The number of carbonyl (C=O) groups excluding carboxylic acids is 1. The largest absolute Gasteiger partial charge is 0.478 e. The lowest BCUT2D eigenvalue weighted by atomic mass is 9.77. The number of rotatable bonds is 4. The molecule has 16 heavy (non-hydrogen) atoms. The topological polar surface area (TPSA) is 75.8 Å². The highest BCUT2D eigenvalue weighted by atomic mass is 16.5. The van der Waals surface area contributed by atoms with E-state index in [1.807, 2.05) is 13.8 Å². The summed E-state index contributed by atoms with van der Waals surface area (Å²) < 4.78 is 4.88. The van der Waals surface area contributed by atoms with Crippen molar-refractivity contribution in [3.8, 4) is 0 Å². The molecule has 1 saturated heterocycles. The molecule has 0 bridgehead atoms. The van der Waals surface area contributed by atoms with Crippen LogP contribution in [-0.2, 0) is 9.45 Å². The summed E-state index contributed by atoms with van der Waals surface area (Å²) in [6.45, 7) is 4.49. The minimum Gasteiger partial charge on any atom is -0.426 e. The Bertz CT molecular complexity index is 250. The van der Waals surface area contributed by atoms with Gasteiger partial charge in [-0.25, -0.2) is 0 Å². The van der Waals surface area contributed by atoms with Gasteiger partial charge in [-0.3, -0.25) is 4.79 Å². The molecular formula is C10H21BN2O3. The minimum absolute atomic E-state index is 0.0893.